The molecule has 1 fully saturated rings. The molecule has 1 aliphatic rings. The summed E-state index contributed by atoms with van der Waals surface area (Å²) < 4.78 is 13.2. The summed E-state index contributed by atoms with van der Waals surface area (Å²) >= 11 is 5.77. The molecule has 2 aromatic rings. The predicted molar refractivity (Wildman–Crippen MR) is 99.2 cm³/mol. The molecular weight excluding hydrogens is 339 g/mol. The largest absolute Gasteiger partial charge is 0.326 e. The maximum Gasteiger partial charge on any atom is 0.228 e. The minimum Gasteiger partial charge on any atom is -0.326 e. The summed E-state index contributed by atoms with van der Waals surface area (Å²) in [7, 11) is 0. The molecule has 5 heteroatoms. The Kier molecular flexibility index (Phi) is 5.71. The van der Waals surface area contributed by atoms with Crippen LogP contribution in [0, 0.1) is 18.7 Å². The molecule has 0 aliphatic carbocycles. The number of anilines is 1. The molecule has 1 saturated heterocycles. The lowest BCUT2D eigenvalue weighted by atomic mass is 9.96. The van der Waals surface area contributed by atoms with Crippen LogP contribution in [0.1, 0.15) is 24.0 Å². The highest BCUT2D eigenvalue weighted by molar-refractivity contribution is 6.31. The van der Waals surface area contributed by atoms with Gasteiger partial charge in [0.2, 0.25) is 5.91 Å². The van der Waals surface area contributed by atoms with Crippen LogP contribution in [-0.2, 0) is 11.3 Å². The first-order valence-electron chi connectivity index (χ1n) is 8.55. The number of benzene rings is 2. The minimum atomic E-state index is -0.485. The van der Waals surface area contributed by atoms with Crippen molar-refractivity contribution in [3.63, 3.8) is 0 Å². The van der Waals surface area contributed by atoms with Crippen LogP contribution in [-0.4, -0.2) is 23.9 Å². The van der Waals surface area contributed by atoms with Gasteiger partial charge in [-0.3, -0.25) is 9.69 Å². The van der Waals surface area contributed by atoms with Gasteiger partial charge in [-0.05, 0) is 50.1 Å². The highest BCUT2D eigenvalue weighted by Crippen LogP contribution is 2.23. The van der Waals surface area contributed by atoms with Crippen molar-refractivity contribution in [2.24, 2.45) is 5.92 Å². The minimum absolute atomic E-state index is 0.0161. The number of nitrogens with zero attached hydrogens (tertiary/aromatic N) is 1. The molecule has 1 atom stereocenters. The van der Waals surface area contributed by atoms with Crippen molar-refractivity contribution in [3.05, 3.63) is 64.4 Å². The molecule has 1 N–H and O–H groups in total. The van der Waals surface area contributed by atoms with Gasteiger partial charge in [-0.1, -0.05) is 41.4 Å². The lowest BCUT2D eigenvalue weighted by Crippen LogP contribution is -2.40. The van der Waals surface area contributed by atoms with Gasteiger partial charge in [0.25, 0.3) is 0 Å². The summed E-state index contributed by atoms with van der Waals surface area (Å²) in [5.41, 5.74) is 3.04. The molecule has 3 nitrogen and oxygen atoms in total. The van der Waals surface area contributed by atoms with E-state index in [4.69, 9.17) is 11.6 Å². The van der Waals surface area contributed by atoms with Crippen molar-refractivity contribution in [1.82, 2.24) is 4.90 Å². The summed E-state index contributed by atoms with van der Waals surface area (Å²) in [6.07, 6.45) is 1.86. The standard InChI is InChI=1S/C20H22ClFN2O/c1-14-4-6-15(7-5-14)12-24-10-2-3-16(13-24)20(25)23-17-8-9-19(22)18(21)11-17/h4-9,11,16H,2-3,10,12-13H2,1H3,(H,23,25). The lowest BCUT2D eigenvalue weighted by Gasteiger charge is -2.32. The number of piperidine rings is 1. The molecule has 0 bridgehead atoms. The van der Waals surface area contributed by atoms with Gasteiger partial charge in [-0.2, -0.15) is 0 Å². The van der Waals surface area contributed by atoms with E-state index in [1.807, 2.05) is 0 Å². The summed E-state index contributed by atoms with van der Waals surface area (Å²) in [4.78, 5) is 14.8. The number of halogens is 2. The third-order valence-corrected chi connectivity index (χ3v) is 4.88. The van der Waals surface area contributed by atoms with Crippen LogP contribution in [0.2, 0.25) is 5.02 Å². The van der Waals surface area contributed by atoms with Gasteiger partial charge in [0.05, 0.1) is 10.9 Å². The van der Waals surface area contributed by atoms with E-state index in [0.717, 1.165) is 32.5 Å². The fourth-order valence-electron chi connectivity index (χ4n) is 3.18. The van der Waals surface area contributed by atoms with Gasteiger partial charge in [-0.15, -0.1) is 0 Å². The van der Waals surface area contributed by atoms with E-state index in [1.165, 1.54) is 29.3 Å². The molecule has 0 saturated carbocycles. The third-order valence-electron chi connectivity index (χ3n) is 4.59. The van der Waals surface area contributed by atoms with Crippen LogP contribution in [0.3, 0.4) is 0 Å². The summed E-state index contributed by atoms with van der Waals surface area (Å²) in [6, 6.07) is 12.7. The van der Waals surface area contributed by atoms with Gasteiger partial charge in [0.15, 0.2) is 0 Å². The first-order chi connectivity index (χ1) is 12.0. The molecule has 1 heterocycles. The van der Waals surface area contributed by atoms with Crippen LogP contribution in [0.25, 0.3) is 0 Å². The van der Waals surface area contributed by atoms with Gasteiger partial charge in [-0.25, -0.2) is 4.39 Å². The number of nitrogens with one attached hydrogen (secondary N) is 1. The second-order valence-electron chi connectivity index (χ2n) is 6.68. The zero-order chi connectivity index (χ0) is 17.8. The maximum atomic E-state index is 13.2. The average Bonchev–Trinajstić information content (AvgIpc) is 2.60. The monoisotopic (exact) mass is 360 g/mol. The van der Waals surface area contributed by atoms with Crippen LogP contribution < -0.4 is 5.32 Å². The van der Waals surface area contributed by atoms with Gasteiger partial charge < -0.3 is 5.32 Å². The zero-order valence-electron chi connectivity index (χ0n) is 14.3. The highest BCUT2D eigenvalue weighted by atomic mass is 35.5. The summed E-state index contributed by atoms with van der Waals surface area (Å²) in [5, 5.41) is 2.87. The second kappa shape index (κ2) is 7.98. The first kappa shape index (κ1) is 17.9. The Bertz CT molecular complexity index is 748. The van der Waals surface area contributed by atoms with Crippen molar-refractivity contribution < 1.29 is 9.18 Å². The van der Waals surface area contributed by atoms with Crippen molar-refractivity contribution in [1.29, 1.82) is 0 Å². The molecule has 0 aromatic heterocycles. The van der Waals surface area contributed by atoms with Gasteiger partial charge in [0, 0.05) is 18.8 Å². The van der Waals surface area contributed by atoms with E-state index in [9.17, 15) is 9.18 Å². The fraction of sp³-hybridized carbons (Fsp3) is 0.350. The number of carbonyl (C=O) groups excluding carboxylic acids is 1. The average molecular weight is 361 g/mol. The second-order valence-corrected chi connectivity index (χ2v) is 7.09. The van der Waals surface area contributed by atoms with E-state index in [0.29, 0.717) is 5.69 Å². The number of aryl methyl sites for hydroxylation is 1. The molecule has 1 aliphatic heterocycles. The van der Waals surface area contributed by atoms with Crippen molar-refractivity contribution in [2.75, 3.05) is 18.4 Å². The first-order valence-corrected chi connectivity index (χ1v) is 8.93. The van der Waals surface area contributed by atoms with E-state index in [-0.39, 0.29) is 16.8 Å². The molecule has 132 valence electrons. The normalized spacial score (nSPS) is 18.1. The summed E-state index contributed by atoms with van der Waals surface area (Å²) in [5.74, 6) is -0.582. The molecule has 3 rings (SSSR count). The topological polar surface area (TPSA) is 32.3 Å². The Labute approximate surface area is 152 Å². The SMILES string of the molecule is Cc1ccc(CN2CCCC(C(=O)Nc3ccc(F)c(Cl)c3)C2)cc1. The molecule has 0 radical (unpaired) electrons. The van der Waals surface area contributed by atoms with Crippen LogP contribution in [0.15, 0.2) is 42.5 Å². The number of rotatable bonds is 4. The quantitative estimate of drug-likeness (QED) is 0.861. The fourth-order valence-corrected chi connectivity index (χ4v) is 3.36. The number of amides is 1. The molecule has 2 aromatic carbocycles. The van der Waals surface area contributed by atoms with E-state index in [2.05, 4.69) is 41.4 Å². The summed E-state index contributed by atoms with van der Waals surface area (Å²) in [6.45, 7) is 4.66. The van der Waals surface area contributed by atoms with E-state index in [1.54, 1.807) is 0 Å². The molecule has 0 spiro atoms. The Morgan fingerprint density at radius 3 is 2.76 bits per heavy atom. The third kappa shape index (κ3) is 4.80. The lowest BCUT2D eigenvalue weighted by molar-refractivity contribution is -0.121. The predicted octanol–water partition coefficient (Wildman–Crippen LogP) is 4.64. The number of hydrogen-bond donors (Lipinski definition) is 1. The zero-order valence-corrected chi connectivity index (χ0v) is 15.0. The Hall–Kier alpha value is -1.91. The Morgan fingerprint density at radius 2 is 2.04 bits per heavy atom. The molecular formula is C20H22ClFN2O. The number of carbonyl (C=O) groups is 1. The maximum absolute atomic E-state index is 13.2. The van der Waals surface area contributed by atoms with Crippen molar-refractivity contribution >= 4 is 23.2 Å². The van der Waals surface area contributed by atoms with Crippen LogP contribution in [0.5, 0.6) is 0 Å². The highest BCUT2D eigenvalue weighted by Gasteiger charge is 2.26. The molecule has 1 unspecified atom stereocenters. The van der Waals surface area contributed by atoms with E-state index >= 15 is 0 Å². The Morgan fingerprint density at radius 1 is 1.28 bits per heavy atom. The van der Waals surface area contributed by atoms with Crippen molar-refractivity contribution in [3.8, 4) is 0 Å². The Balaban J connectivity index is 1.59. The van der Waals surface area contributed by atoms with E-state index < -0.39 is 5.82 Å². The number of likely N-dealkylation sites (tertiary alicyclic amines) is 1. The van der Waals surface area contributed by atoms with Crippen LogP contribution in [0.4, 0.5) is 10.1 Å². The molecule has 1 amide bonds. The molecule has 25 heavy (non-hydrogen) atoms. The number of hydrogen-bond acceptors (Lipinski definition) is 2. The van der Waals surface area contributed by atoms with Crippen molar-refractivity contribution in [2.45, 2.75) is 26.3 Å². The van der Waals surface area contributed by atoms with Gasteiger partial charge >= 0.3 is 0 Å². The van der Waals surface area contributed by atoms with Crippen LogP contribution >= 0.6 is 11.6 Å². The smallest absolute Gasteiger partial charge is 0.228 e. The van der Waals surface area contributed by atoms with Gasteiger partial charge in [0.1, 0.15) is 5.82 Å².